The molecule has 1 saturated carbocycles. The summed E-state index contributed by atoms with van der Waals surface area (Å²) >= 11 is 0. The monoisotopic (exact) mass is 257 g/mol. The van der Waals surface area contributed by atoms with E-state index in [1.807, 2.05) is 0 Å². The van der Waals surface area contributed by atoms with Crippen molar-refractivity contribution in [3.63, 3.8) is 0 Å². The van der Waals surface area contributed by atoms with Crippen LogP contribution in [0.4, 0.5) is 0 Å². The highest BCUT2D eigenvalue weighted by atomic mass is 16.5. The summed E-state index contributed by atoms with van der Waals surface area (Å²) in [5.74, 6) is 1.67. The van der Waals surface area contributed by atoms with Crippen LogP contribution in [0.3, 0.4) is 0 Å². The Morgan fingerprint density at radius 3 is 2.33 bits per heavy atom. The van der Waals surface area contributed by atoms with E-state index in [0.29, 0.717) is 18.6 Å². The first kappa shape index (κ1) is 15.9. The minimum Gasteiger partial charge on any atom is -0.389 e. The summed E-state index contributed by atoms with van der Waals surface area (Å²) in [6.45, 7) is 9.18. The lowest BCUT2D eigenvalue weighted by Crippen LogP contribution is -2.35. The number of methoxy groups -OCH3 is 1. The van der Waals surface area contributed by atoms with Gasteiger partial charge in [0.25, 0.3) is 0 Å². The second kappa shape index (κ2) is 7.46. The first-order chi connectivity index (χ1) is 8.43. The van der Waals surface area contributed by atoms with Crippen LogP contribution < -0.4 is 5.32 Å². The first-order valence-electron chi connectivity index (χ1n) is 7.31. The topological polar surface area (TPSA) is 41.5 Å². The number of hydrogen-bond acceptors (Lipinski definition) is 3. The third-order valence-corrected chi connectivity index (χ3v) is 4.24. The molecular formula is C15H31NO2. The number of rotatable bonds is 6. The van der Waals surface area contributed by atoms with Crippen molar-refractivity contribution >= 4 is 0 Å². The van der Waals surface area contributed by atoms with E-state index in [1.165, 1.54) is 25.7 Å². The molecule has 0 aromatic carbocycles. The predicted octanol–water partition coefficient (Wildman–Crippen LogP) is 2.44. The zero-order chi connectivity index (χ0) is 13.6. The van der Waals surface area contributed by atoms with Gasteiger partial charge in [-0.3, -0.25) is 0 Å². The highest BCUT2D eigenvalue weighted by molar-refractivity contribution is 4.81. The van der Waals surface area contributed by atoms with Crippen molar-refractivity contribution in [1.82, 2.24) is 5.32 Å². The molecule has 0 aromatic heterocycles. The number of aliphatic hydroxyl groups excluding tert-OH is 1. The Balaban J connectivity index is 2.13. The largest absolute Gasteiger partial charge is 0.389 e. The van der Waals surface area contributed by atoms with Gasteiger partial charge < -0.3 is 15.2 Å². The van der Waals surface area contributed by atoms with Crippen molar-refractivity contribution in [2.45, 2.75) is 52.6 Å². The molecule has 0 aliphatic heterocycles. The minimum absolute atomic E-state index is 0.374. The molecule has 0 aromatic rings. The van der Waals surface area contributed by atoms with Gasteiger partial charge in [0.05, 0.1) is 12.7 Å². The summed E-state index contributed by atoms with van der Waals surface area (Å²) in [5.41, 5.74) is 0.465. The molecule has 108 valence electrons. The van der Waals surface area contributed by atoms with Crippen molar-refractivity contribution in [2.75, 3.05) is 26.8 Å². The predicted molar refractivity (Wildman–Crippen MR) is 75.7 cm³/mol. The smallest absolute Gasteiger partial charge is 0.0897 e. The van der Waals surface area contributed by atoms with Gasteiger partial charge >= 0.3 is 0 Å². The average molecular weight is 257 g/mol. The quantitative estimate of drug-likeness (QED) is 0.768. The number of nitrogens with one attached hydrogen (secondary N) is 1. The number of hydrogen-bond donors (Lipinski definition) is 2. The van der Waals surface area contributed by atoms with Crippen molar-refractivity contribution in [2.24, 2.45) is 17.3 Å². The van der Waals surface area contributed by atoms with Crippen LogP contribution >= 0.6 is 0 Å². The zero-order valence-electron chi connectivity index (χ0n) is 12.5. The maximum Gasteiger partial charge on any atom is 0.0897 e. The molecule has 18 heavy (non-hydrogen) atoms. The van der Waals surface area contributed by atoms with Crippen LogP contribution in [0.15, 0.2) is 0 Å². The van der Waals surface area contributed by atoms with E-state index in [2.05, 4.69) is 26.1 Å². The second-order valence-electron chi connectivity index (χ2n) is 6.85. The maximum atomic E-state index is 9.54. The SMILES string of the molecule is COCC(O)CNCC1CCC(C(C)(C)C)CC1. The Kier molecular flexibility index (Phi) is 6.61. The summed E-state index contributed by atoms with van der Waals surface area (Å²) in [4.78, 5) is 0. The van der Waals surface area contributed by atoms with E-state index in [0.717, 1.165) is 18.4 Å². The Hall–Kier alpha value is -0.120. The Morgan fingerprint density at radius 1 is 1.22 bits per heavy atom. The first-order valence-corrected chi connectivity index (χ1v) is 7.31. The Labute approximate surface area is 112 Å². The summed E-state index contributed by atoms with van der Waals surface area (Å²) in [6.07, 6.45) is 5.00. The Morgan fingerprint density at radius 2 is 1.83 bits per heavy atom. The third kappa shape index (κ3) is 5.68. The fourth-order valence-electron chi connectivity index (χ4n) is 2.94. The van der Waals surface area contributed by atoms with E-state index >= 15 is 0 Å². The summed E-state index contributed by atoms with van der Waals surface area (Å²) in [6, 6.07) is 0. The molecular weight excluding hydrogens is 226 g/mol. The van der Waals surface area contributed by atoms with Gasteiger partial charge in [-0.05, 0) is 49.5 Å². The van der Waals surface area contributed by atoms with Crippen molar-refractivity contribution < 1.29 is 9.84 Å². The summed E-state index contributed by atoms with van der Waals surface area (Å²) < 4.78 is 4.91. The molecule has 1 fully saturated rings. The molecule has 0 amide bonds. The van der Waals surface area contributed by atoms with Gasteiger partial charge in [0.1, 0.15) is 0 Å². The summed E-state index contributed by atoms with van der Waals surface area (Å²) in [5, 5.41) is 12.9. The van der Waals surface area contributed by atoms with Crippen molar-refractivity contribution in [1.29, 1.82) is 0 Å². The fourth-order valence-corrected chi connectivity index (χ4v) is 2.94. The lowest BCUT2D eigenvalue weighted by atomic mass is 9.70. The average Bonchev–Trinajstić information content (AvgIpc) is 2.29. The molecule has 0 spiro atoms. The zero-order valence-corrected chi connectivity index (χ0v) is 12.5. The molecule has 1 unspecified atom stereocenters. The lowest BCUT2D eigenvalue weighted by molar-refractivity contribution is 0.0629. The third-order valence-electron chi connectivity index (χ3n) is 4.24. The van der Waals surface area contributed by atoms with Crippen molar-refractivity contribution in [3.05, 3.63) is 0 Å². The van der Waals surface area contributed by atoms with Gasteiger partial charge in [0, 0.05) is 13.7 Å². The van der Waals surface area contributed by atoms with E-state index in [9.17, 15) is 5.11 Å². The fraction of sp³-hybridized carbons (Fsp3) is 1.00. The van der Waals surface area contributed by atoms with Crippen LogP contribution in [0.1, 0.15) is 46.5 Å². The highest BCUT2D eigenvalue weighted by Gasteiger charge is 2.29. The second-order valence-corrected chi connectivity index (χ2v) is 6.85. The van der Waals surface area contributed by atoms with Crippen LogP contribution in [0.2, 0.25) is 0 Å². The van der Waals surface area contributed by atoms with Gasteiger partial charge in [-0.15, -0.1) is 0 Å². The van der Waals surface area contributed by atoms with Crippen LogP contribution in [0.5, 0.6) is 0 Å². The molecule has 0 saturated heterocycles. The van der Waals surface area contributed by atoms with Crippen LogP contribution in [0.25, 0.3) is 0 Å². The van der Waals surface area contributed by atoms with E-state index in [4.69, 9.17) is 4.74 Å². The Bertz CT molecular complexity index is 217. The number of ether oxygens (including phenoxy) is 1. The van der Waals surface area contributed by atoms with Gasteiger partial charge in [-0.2, -0.15) is 0 Å². The normalized spacial score (nSPS) is 27.2. The molecule has 1 aliphatic rings. The van der Waals surface area contributed by atoms with E-state index < -0.39 is 0 Å². The van der Waals surface area contributed by atoms with Gasteiger partial charge in [-0.1, -0.05) is 20.8 Å². The van der Waals surface area contributed by atoms with Crippen LogP contribution in [0, 0.1) is 17.3 Å². The lowest BCUT2D eigenvalue weighted by Gasteiger charge is -2.37. The van der Waals surface area contributed by atoms with Gasteiger partial charge in [0.15, 0.2) is 0 Å². The molecule has 0 bridgehead atoms. The maximum absolute atomic E-state index is 9.54. The molecule has 1 aliphatic carbocycles. The molecule has 3 nitrogen and oxygen atoms in total. The number of aliphatic hydroxyl groups is 1. The molecule has 3 heteroatoms. The van der Waals surface area contributed by atoms with Crippen LogP contribution in [-0.2, 0) is 4.74 Å². The van der Waals surface area contributed by atoms with E-state index in [1.54, 1.807) is 7.11 Å². The highest BCUT2D eigenvalue weighted by Crippen LogP contribution is 2.39. The molecule has 0 radical (unpaired) electrons. The standard InChI is InChI=1S/C15H31NO2/c1-15(2,3)13-7-5-12(6-8-13)9-16-10-14(17)11-18-4/h12-14,16-17H,5-11H2,1-4H3. The summed E-state index contributed by atoms with van der Waals surface area (Å²) in [7, 11) is 1.62. The van der Waals surface area contributed by atoms with Crippen LogP contribution in [-0.4, -0.2) is 38.0 Å². The molecule has 1 atom stereocenters. The van der Waals surface area contributed by atoms with Gasteiger partial charge in [0.2, 0.25) is 0 Å². The van der Waals surface area contributed by atoms with Gasteiger partial charge in [-0.25, -0.2) is 0 Å². The molecule has 1 rings (SSSR count). The minimum atomic E-state index is -0.374. The molecule has 2 N–H and O–H groups in total. The van der Waals surface area contributed by atoms with E-state index in [-0.39, 0.29) is 6.10 Å². The molecule has 0 heterocycles. The van der Waals surface area contributed by atoms with Crippen molar-refractivity contribution in [3.8, 4) is 0 Å².